The number of halogens is 1. The van der Waals surface area contributed by atoms with Crippen molar-refractivity contribution in [2.75, 3.05) is 6.54 Å². The SMILES string of the molecule is Brc1c(CC2CCCCC2)nn2c3c(cnc12)CNCC3. The second-order valence-corrected chi connectivity index (χ2v) is 7.15. The summed E-state index contributed by atoms with van der Waals surface area (Å²) in [6.07, 6.45) is 11.0. The molecule has 2 aromatic rings. The van der Waals surface area contributed by atoms with E-state index in [1.807, 2.05) is 6.20 Å². The van der Waals surface area contributed by atoms with Gasteiger partial charge in [-0.1, -0.05) is 32.1 Å². The Morgan fingerprint density at radius 3 is 3.00 bits per heavy atom. The first-order valence-corrected chi connectivity index (χ1v) is 8.87. The van der Waals surface area contributed by atoms with E-state index < -0.39 is 0 Å². The molecule has 2 aliphatic rings. The van der Waals surface area contributed by atoms with E-state index in [1.54, 1.807) is 0 Å². The molecule has 0 atom stereocenters. The lowest BCUT2D eigenvalue weighted by atomic mass is 9.86. The lowest BCUT2D eigenvalue weighted by Gasteiger charge is -2.20. The Morgan fingerprint density at radius 1 is 1.29 bits per heavy atom. The molecule has 0 radical (unpaired) electrons. The van der Waals surface area contributed by atoms with Crippen LogP contribution in [0.5, 0.6) is 0 Å². The van der Waals surface area contributed by atoms with Crippen molar-refractivity contribution in [1.82, 2.24) is 19.9 Å². The van der Waals surface area contributed by atoms with E-state index >= 15 is 0 Å². The molecule has 1 N–H and O–H groups in total. The van der Waals surface area contributed by atoms with Crippen LogP contribution in [0.25, 0.3) is 5.65 Å². The summed E-state index contributed by atoms with van der Waals surface area (Å²) in [6.45, 7) is 1.94. The van der Waals surface area contributed by atoms with E-state index in [-0.39, 0.29) is 0 Å². The molecule has 4 rings (SSSR count). The molecule has 3 heterocycles. The van der Waals surface area contributed by atoms with Crippen LogP contribution in [0.2, 0.25) is 0 Å². The average Bonchev–Trinajstić information content (AvgIpc) is 2.85. The van der Waals surface area contributed by atoms with Gasteiger partial charge in [-0.3, -0.25) is 0 Å². The predicted molar refractivity (Wildman–Crippen MR) is 86.4 cm³/mol. The van der Waals surface area contributed by atoms with Crippen molar-refractivity contribution >= 4 is 21.6 Å². The van der Waals surface area contributed by atoms with Gasteiger partial charge in [-0.15, -0.1) is 0 Å². The number of hydrogen-bond acceptors (Lipinski definition) is 3. The Hall–Kier alpha value is -0.940. The maximum atomic E-state index is 4.90. The number of fused-ring (bicyclic) bond motifs is 3. The number of nitrogens with zero attached hydrogens (tertiary/aromatic N) is 3. The quantitative estimate of drug-likeness (QED) is 0.905. The number of nitrogens with one attached hydrogen (secondary N) is 1. The Balaban J connectivity index is 1.71. The second-order valence-electron chi connectivity index (χ2n) is 6.36. The van der Waals surface area contributed by atoms with Gasteiger partial charge >= 0.3 is 0 Å². The van der Waals surface area contributed by atoms with Crippen molar-refractivity contribution in [1.29, 1.82) is 0 Å². The van der Waals surface area contributed by atoms with E-state index in [9.17, 15) is 0 Å². The highest BCUT2D eigenvalue weighted by atomic mass is 79.9. The summed E-state index contributed by atoms with van der Waals surface area (Å²) in [5, 5.41) is 8.30. The standard InChI is InChI=1S/C16H21BrN4/c17-15-13(8-11-4-2-1-3-5-11)20-21-14-6-7-18-9-12(14)10-19-16(15)21/h10-11,18H,1-9H2. The van der Waals surface area contributed by atoms with Crippen LogP contribution < -0.4 is 5.32 Å². The van der Waals surface area contributed by atoms with Crippen LogP contribution in [0.3, 0.4) is 0 Å². The van der Waals surface area contributed by atoms with E-state index in [4.69, 9.17) is 5.10 Å². The first kappa shape index (κ1) is 13.7. The summed E-state index contributed by atoms with van der Waals surface area (Å²) in [5.74, 6) is 0.803. The molecule has 1 aliphatic heterocycles. The maximum absolute atomic E-state index is 4.90. The van der Waals surface area contributed by atoms with Gasteiger partial charge < -0.3 is 5.32 Å². The van der Waals surface area contributed by atoms with Gasteiger partial charge in [0, 0.05) is 31.3 Å². The molecule has 5 heteroatoms. The Labute approximate surface area is 133 Å². The molecule has 21 heavy (non-hydrogen) atoms. The van der Waals surface area contributed by atoms with E-state index in [0.29, 0.717) is 0 Å². The smallest absolute Gasteiger partial charge is 0.169 e. The minimum absolute atomic E-state index is 0.803. The fourth-order valence-electron chi connectivity index (χ4n) is 3.72. The zero-order valence-electron chi connectivity index (χ0n) is 12.2. The molecule has 1 saturated carbocycles. The third kappa shape index (κ3) is 2.50. The van der Waals surface area contributed by atoms with Gasteiger partial charge in [0.1, 0.15) is 0 Å². The molecule has 112 valence electrons. The largest absolute Gasteiger partial charge is 0.312 e. The fraction of sp³-hybridized carbons (Fsp3) is 0.625. The second kappa shape index (κ2) is 5.69. The van der Waals surface area contributed by atoms with Crippen LogP contribution in [-0.2, 0) is 19.4 Å². The normalized spacial score (nSPS) is 19.9. The lowest BCUT2D eigenvalue weighted by Crippen LogP contribution is -2.26. The highest BCUT2D eigenvalue weighted by molar-refractivity contribution is 9.10. The number of hydrogen-bond donors (Lipinski definition) is 1. The van der Waals surface area contributed by atoms with Crippen LogP contribution in [0.1, 0.15) is 49.1 Å². The molecule has 1 aliphatic carbocycles. The molecule has 0 bridgehead atoms. The van der Waals surface area contributed by atoms with Gasteiger partial charge in [0.25, 0.3) is 0 Å². The summed E-state index contributed by atoms with van der Waals surface area (Å²) in [5.41, 5.74) is 4.80. The Morgan fingerprint density at radius 2 is 2.14 bits per heavy atom. The highest BCUT2D eigenvalue weighted by Crippen LogP contribution is 2.31. The van der Waals surface area contributed by atoms with Crippen LogP contribution in [0, 0.1) is 5.92 Å². The van der Waals surface area contributed by atoms with Crippen molar-refractivity contribution in [3.63, 3.8) is 0 Å². The minimum atomic E-state index is 0.803. The van der Waals surface area contributed by atoms with Crippen molar-refractivity contribution in [2.24, 2.45) is 5.92 Å². The molecule has 0 amide bonds. The highest BCUT2D eigenvalue weighted by Gasteiger charge is 2.21. The third-order valence-electron chi connectivity index (χ3n) is 4.90. The van der Waals surface area contributed by atoms with Gasteiger partial charge in [0.2, 0.25) is 0 Å². The zero-order chi connectivity index (χ0) is 14.2. The van der Waals surface area contributed by atoms with Crippen molar-refractivity contribution in [2.45, 2.75) is 51.5 Å². The monoisotopic (exact) mass is 348 g/mol. The van der Waals surface area contributed by atoms with Gasteiger partial charge in [-0.25, -0.2) is 9.50 Å². The van der Waals surface area contributed by atoms with E-state index in [1.165, 1.54) is 49.1 Å². The van der Waals surface area contributed by atoms with E-state index in [0.717, 1.165) is 42.0 Å². The van der Waals surface area contributed by atoms with Crippen molar-refractivity contribution in [3.8, 4) is 0 Å². The molecule has 0 saturated heterocycles. The van der Waals surface area contributed by atoms with Crippen molar-refractivity contribution in [3.05, 3.63) is 27.6 Å². The average molecular weight is 349 g/mol. The molecule has 4 nitrogen and oxygen atoms in total. The first-order chi connectivity index (χ1) is 10.3. The molecular formula is C16H21BrN4. The Bertz CT molecular complexity index is 658. The summed E-state index contributed by atoms with van der Waals surface area (Å²) in [4.78, 5) is 4.62. The van der Waals surface area contributed by atoms with Gasteiger partial charge in [-0.05, 0) is 28.3 Å². The van der Waals surface area contributed by atoms with Crippen LogP contribution in [-0.4, -0.2) is 21.1 Å². The maximum Gasteiger partial charge on any atom is 0.169 e. The molecular weight excluding hydrogens is 328 g/mol. The number of rotatable bonds is 2. The van der Waals surface area contributed by atoms with Gasteiger partial charge in [0.05, 0.1) is 15.9 Å². The molecule has 2 aromatic heterocycles. The summed E-state index contributed by atoms with van der Waals surface area (Å²) in [7, 11) is 0. The number of aromatic nitrogens is 3. The van der Waals surface area contributed by atoms with Crippen LogP contribution in [0.15, 0.2) is 10.7 Å². The molecule has 0 aromatic carbocycles. The predicted octanol–water partition coefficient (Wildman–Crippen LogP) is 3.26. The van der Waals surface area contributed by atoms with Crippen LogP contribution >= 0.6 is 15.9 Å². The molecule has 0 unspecified atom stereocenters. The first-order valence-electron chi connectivity index (χ1n) is 8.07. The van der Waals surface area contributed by atoms with Crippen molar-refractivity contribution < 1.29 is 0 Å². The topological polar surface area (TPSA) is 42.2 Å². The summed E-state index contributed by atoms with van der Waals surface area (Å²) >= 11 is 3.75. The molecule has 1 fully saturated rings. The summed E-state index contributed by atoms with van der Waals surface area (Å²) in [6, 6.07) is 0. The molecule has 0 spiro atoms. The Kier molecular flexibility index (Phi) is 3.71. The fourth-order valence-corrected chi connectivity index (χ4v) is 4.23. The van der Waals surface area contributed by atoms with Gasteiger partial charge in [0.15, 0.2) is 5.65 Å². The minimum Gasteiger partial charge on any atom is -0.312 e. The zero-order valence-corrected chi connectivity index (χ0v) is 13.8. The summed E-state index contributed by atoms with van der Waals surface area (Å²) < 4.78 is 3.19. The lowest BCUT2D eigenvalue weighted by molar-refractivity contribution is 0.353. The third-order valence-corrected chi connectivity index (χ3v) is 5.71. The van der Waals surface area contributed by atoms with Crippen LogP contribution in [0.4, 0.5) is 0 Å². The van der Waals surface area contributed by atoms with Gasteiger partial charge in [-0.2, -0.15) is 5.10 Å². The van der Waals surface area contributed by atoms with E-state index in [2.05, 4.69) is 30.7 Å².